The SMILES string of the molecule is CCOc1ccccc1C(=O)CN1CC(C)CC(C)C1C. The molecule has 0 amide bonds. The van der Waals surface area contributed by atoms with Gasteiger partial charge < -0.3 is 4.74 Å². The lowest BCUT2D eigenvalue weighted by atomic mass is 9.85. The van der Waals surface area contributed by atoms with E-state index in [0.29, 0.717) is 42.3 Å². The number of hydrogen-bond acceptors (Lipinski definition) is 3. The van der Waals surface area contributed by atoms with E-state index in [0.717, 1.165) is 6.54 Å². The van der Waals surface area contributed by atoms with E-state index >= 15 is 0 Å². The molecule has 0 saturated carbocycles. The molecule has 0 N–H and O–H groups in total. The molecule has 2 rings (SSSR count). The molecule has 1 aliphatic rings. The lowest BCUT2D eigenvalue weighted by Crippen LogP contribution is -2.47. The summed E-state index contributed by atoms with van der Waals surface area (Å²) in [6.45, 7) is 10.8. The molecule has 116 valence electrons. The van der Waals surface area contributed by atoms with E-state index in [2.05, 4.69) is 25.7 Å². The molecule has 0 spiro atoms. The summed E-state index contributed by atoms with van der Waals surface area (Å²) in [7, 11) is 0. The van der Waals surface area contributed by atoms with Crippen molar-refractivity contribution < 1.29 is 9.53 Å². The lowest BCUT2D eigenvalue weighted by Gasteiger charge is -2.40. The smallest absolute Gasteiger partial charge is 0.180 e. The van der Waals surface area contributed by atoms with Crippen LogP contribution < -0.4 is 4.74 Å². The summed E-state index contributed by atoms with van der Waals surface area (Å²) >= 11 is 0. The summed E-state index contributed by atoms with van der Waals surface area (Å²) in [4.78, 5) is 15.0. The number of carbonyl (C=O) groups is 1. The molecule has 0 aromatic heterocycles. The number of para-hydroxylation sites is 1. The maximum atomic E-state index is 12.6. The number of benzene rings is 1. The van der Waals surface area contributed by atoms with Gasteiger partial charge in [-0.1, -0.05) is 26.0 Å². The third kappa shape index (κ3) is 3.85. The summed E-state index contributed by atoms with van der Waals surface area (Å²) in [6.07, 6.45) is 1.25. The standard InChI is InChI=1S/C18H27NO2/c1-5-21-18-9-7-6-8-16(18)17(20)12-19-11-13(2)10-14(3)15(19)4/h6-9,13-15H,5,10-12H2,1-4H3. The van der Waals surface area contributed by atoms with E-state index in [1.54, 1.807) is 0 Å². The van der Waals surface area contributed by atoms with Crippen LogP contribution in [-0.2, 0) is 0 Å². The molecule has 0 radical (unpaired) electrons. The number of piperidine rings is 1. The first-order valence-corrected chi connectivity index (χ1v) is 8.02. The fourth-order valence-electron chi connectivity index (χ4n) is 3.29. The highest BCUT2D eigenvalue weighted by atomic mass is 16.5. The summed E-state index contributed by atoms with van der Waals surface area (Å²) in [5.74, 6) is 2.16. The highest BCUT2D eigenvalue weighted by Gasteiger charge is 2.30. The highest BCUT2D eigenvalue weighted by Crippen LogP contribution is 2.27. The minimum Gasteiger partial charge on any atom is -0.493 e. The molecule has 0 bridgehead atoms. The molecule has 1 fully saturated rings. The van der Waals surface area contributed by atoms with Crippen LogP contribution in [0.5, 0.6) is 5.75 Å². The Morgan fingerprint density at radius 3 is 2.71 bits per heavy atom. The molecule has 1 aliphatic heterocycles. The van der Waals surface area contributed by atoms with Crippen molar-refractivity contribution in [3.8, 4) is 5.75 Å². The fraction of sp³-hybridized carbons (Fsp3) is 0.611. The number of ketones is 1. The molecular weight excluding hydrogens is 262 g/mol. The van der Waals surface area contributed by atoms with Crippen LogP contribution in [-0.4, -0.2) is 36.4 Å². The average molecular weight is 289 g/mol. The zero-order chi connectivity index (χ0) is 15.4. The van der Waals surface area contributed by atoms with Crippen molar-refractivity contribution in [1.29, 1.82) is 0 Å². The molecule has 3 heteroatoms. The number of carbonyl (C=O) groups excluding carboxylic acids is 1. The minimum absolute atomic E-state index is 0.159. The van der Waals surface area contributed by atoms with E-state index in [1.165, 1.54) is 6.42 Å². The van der Waals surface area contributed by atoms with Gasteiger partial charge in [-0.3, -0.25) is 9.69 Å². The topological polar surface area (TPSA) is 29.5 Å². The van der Waals surface area contributed by atoms with Crippen LogP contribution in [0.3, 0.4) is 0 Å². The first kappa shape index (κ1) is 16.0. The number of nitrogens with zero attached hydrogens (tertiary/aromatic N) is 1. The molecular formula is C18H27NO2. The Hall–Kier alpha value is -1.35. The molecule has 0 aliphatic carbocycles. The highest BCUT2D eigenvalue weighted by molar-refractivity contribution is 6.00. The largest absolute Gasteiger partial charge is 0.493 e. The fourth-order valence-corrected chi connectivity index (χ4v) is 3.29. The first-order chi connectivity index (χ1) is 10.0. The van der Waals surface area contributed by atoms with E-state index in [1.807, 2.05) is 31.2 Å². The van der Waals surface area contributed by atoms with Crippen molar-refractivity contribution in [2.75, 3.05) is 19.7 Å². The summed E-state index contributed by atoms with van der Waals surface area (Å²) in [6, 6.07) is 8.02. The van der Waals surface area contributed by atoms with Gasteiger partial charge in [-0.15, -0.1) is 0 Å². The average Bonchev–Trinajstić information content (AvgIpc) is 2.45. The maximum absolute atomic E-state index is 12.6. The number of rotatable bonds is 5. The number of Topliss-reactive ketones (excluding diaryl/α,β-unsaturated/α-hetero) is 1. The Bertz CT molecular complexity index is 486. The van der Waals surface area contributed by atoms with Crippen LogP contribution in [0.2, 0.25) is 0 Å². The Kier molecular flexibility index (Phi) is 5.40. The van der Waals surface area contributed by atoms with Gasteiger partial charge in [0.25, 0.3) is 0 Å². The van der Waals surface area contributed by atoms with Crippen molar-refractivity contribution in [1.82, 2.24) is 4.90 Å². The van der Waals surface area contributed by atoms with Gasteiger partial charge in [0, 0.05) is 12.6 Å². The zero-order valence-electron chi connectivity index (χ0n) is 13.6. The van der Waals surface area contributed by atoms with Gasteiger partial charge >= 0.3 is 0 Å². The Morgan fingerprint density at radius 2 is 2.00 bits per heavy atom. The quantitative estimate of drug-likeness (QED) is 0.775. The lowest BCUT2D eigenvalue weighted by molar-refractivity contribution is 0.0647. The molecule has 1 aromatic rings. The Balaban J connectivity index is 2.10. The van der Waals surface area contributed by atoms with Gasteiger partial charge in [-0.05, 0) is 44.2 Å². The second-order valence-electron chi connectivity index (χ2n) is 6.34. The van der Waals surface area contributed by atoms with Gasteiger partial charge in [0.2, 0.25) is 0 Å². The van der Waals surface area contributed by atoms with E-state index in [9.17, 15) is 4.79 Å². The summed E-state index contributed by atoms with van der Waals surface area (Å²) in [5, 5.41) is 0. The van der Waals surface area contributed by atoms with Crippen LogP contribution in [0.1, 0.15) is 44.5 Å². The van der Waals surface area contributed by atoms with Gasteiger partial charge in [0.05, 0.1) is 18.7 Å². The van der Waals surface area contributed by atoms with Crippen LogP contribution >= 0.6 is 0 Å². The maximum Gasteiger partial charge on any atom is 0.180 e. The molecule has 3 nitrogen and oxygen atoms in total. The third-order valence-corrected chi connectivity index (χ3v) is 4.55. The van der Waals surface area contributed by atoms with Crippen LogP contribution in [0.4, 0.5) is 0 Å². The van der Waals surface area contributed by atoms with Crippen molar-refractivity contribution >= 4 is 5.78 Å². The molecule has 21 heavy (non-hydrogen) atoms. The van der Waals surface area contributed by atoms with Gasteiger partial charge in [-0.2, -0.15) is 0 Å². The number of likely N-dealkylation sites (tertiary alicyclic amines) is 1. The van der Waals surface area contributed by atoms with E-state index in [-0.39, 0.29) is 5.78 Å². The molecule has 1 heterocycles. The van der Waals surface area contributed by atoms with E-state index < -0.39 is 0 Å². The van der Waals surface area contributed by atoms with Crippen LogP contribution in [0.25, 0.3) is 0 Å². The zero-order valence-corrected chi connectivity index (χ0v) is 13.6. The molecule has 1 saturated heterocycles. The van der Waals surface area contributed by atoms with Gasteiger partial charge in [0.15, 0.2) is 5.78 Å². The van der Waals surface area contributed by atoms with Crippen molar-refractivity contribution in [2.24, 2.45) is 11.8 Å². The van der Waals surface area contributed by atoms with Gasteiger partial charge in [0.1, 0.15) is 5.75 Å². The Morgan fingerprint density at radius 1 is 1.29 bits per heavy atom. The third-order valence-electron chi connectivity index (χ3n) is 4.55. The normalized spacial score (nSPS) is 26.6. The summed E-state index contributed by atoms with van der Waals surface area (Å²) in [5.41, 5.74) is 0.706. The second kappa shape index (κ2) is 7.08. The summed E-state index contributed by atoms with van der Waals surface area (Å²) < 4.78 is 5.58. The van der Waals surface area contributed by atoms with Crippen molar-refractivity contribution in [3.05, 3.63) is 29.8 Å². The predicted molar refractivity (Wildman–Crippen MR) is 85.9 cm³/mol. The van der Waals surface area contributed by atoms with Gasteiger partial charge in [-0.25, -0.2) is 0 Å². The second-order valence-corrected chi connectivity index (χ2v) is 6.34. The minimum atomic E-state index is 0.159. The first-order valence-electron chi connectivity index (χ1n) is 8.02. The predicted octanol–water partition coefficient (Wildman–Crippen LogP) is 3.63. The van der Waals surface area contributed by atoms with Crippen molar-refractivity contribution in [2.45, 2.75) is 40.2 Å². The number of hydrogen-bond donors (Lipinski definition) is 0. The monoisotopic (exact) mass is 289 g/mol. The van der Waals surface area contributed by atoms with Crippen molar-refractivity contribution in [3.63, 3.8) is 0 Å². The number of ether oxygens (including phenoxy) is 1. The molecule has 1 aromatic carbocycles. The molecule has 3 atom stereocenters. The Labute approximate surface area is 128 Å². The molecule has 3 unspecified atom stereocenters. The van der Waals surface area contributed by atoms with Crippen LogP contribution in [0, 0.1) is 11.8 Å². The van der Waals surface area contributed by atoms with Crippen LogP contribution in [0.15, 0.2) is 24.3 Å². The van der Waals surface area contributed by atoms with E-state index in [4.69, 9.17) is 4.74 Å².